The molecular formula is C11H14ClN3O2. The number of nitrogens with one attached hydrogen (secondary N) is 1. The molecule has 0 radical (unpaired) electrons. The fourth-order valence-corrected chi connectivity index (χ4v) is 2.12. The number of nitrogens with zero attached hydrogens (tertiary/aromatic N) is 1. The van der Waals surface area contributed by atoms with Gasteiger partial charge in [-0.1, -0.05) is 11.6 Å². The van der Waals surface area contributed by atoms with Crippen molar-refractivity contribution in [2.75, 3.05) is 11.9 Å². The average Bonchev–Trinajstić information content (AvgIpc) is 2.29. The Morgan fingerprint density at radius 3 is 3.18 bits per heavy atom. The third kappa shape index (κ3) is 3.08. The van der Waals surface area contributed by atoms with Crippen LogP contribution in [0.1, 0.15) is 23.2 Å². The summed E-state index contributed by atoms with van der Waals surface area (Å²) in [7, 11) is 0. The maximum atomic E-state index is 11.2. The molecule has 92 valence electrons. The molecule has 1 fully saturated rings. The highest BCUT2D eigenvalue weighted by Crippen LogP contribution is 2.22. The normalized spacial score (nSPS) is 24.3. The lowest BCUT2D eigenvalue weighted by Gasteiger charge is -2.27. The molecule has 0 saturated carbocycles. The number of rotatable bonds is 3. The van der Waals surface area contributed by atoms with E-state index in [9.17, 15) is 4.79 Å². The summed E-state index contributed by atoms with van der Waals surface area (Å²) in [6, 6.07) is 1.92. The predicted molar refractivity (Wildman–Crippen MR) is 65.0 cm³/mol. The highest BCUT2D eigenvalue weighted by atomic mass is 35.5. The number of alkyl halides is 1. The molecule has 2 heterocycles. The number of primary amides is 1. The first-order valence-corrected chi connectivity index (χ1v) is 5.86. The zero-order valence-electron chi connectivity index (χ0n) is 9.23. The highest BCUT2D eigenvalue weighted by Gasteiger charge is 2.21. The van der Waals surface area contributed by atoms with E-state index in [-0.39, 0.29) is 11.6 Å². The van der Waals surface area contributed by atoms with Crippen LogP contribution in [0.5, 0.6) is 0 Å². The highest BCUT2D eigenvalue weighted by molar-refractivity contribution is 6.19. The number of amides is 1. The van der Waals surface area contributed by atoms with Crippen LogP contribution in [0.3, 0.4) is 0 Å². The lowest BCUT2D eigenvalue weighted by atomic mass is 10.1. The van der Waals surface area contributed by atoms with E-state index in [2.05, 4.69) is 10.3 Å². The Bertz CT molecular complexity index is 413. The summed E-state index contributed by atoms with van der Waals surface area (Å²) in [6.45, 7) is 0.614. The predicted octanol–water partition coefficient (Wildman–Crippen LogP) is 1.34. The minimum absolute atomic E-state index is 0.187. The molecule has 1 amide bonds. The molecule has 1 aliphatic heterocycles. The molecule has 1 aliphatic rings. The topological polar surface area (TPSA) is 77.2 Å². The van der Waals surface area contributed by atoms with Gasteiger partial charge in [-0.2, -0.15) is 0 Å². The Morgan fingerprint density at radius 2 is 2.47 bits per heavy atom. The van der Waals surface area contributed by atoms with E-state index in [1.807, 2.05) is 0 Å². The van der Waals surface area contributed by atoms with Crippen LogP contribution in [0.2, 0.25) is 0 Å². The van der Waals surface area contributed by atoms with Gasteiger partial charge in [-0.25, -0.2) is 0 Å². The molecule has 2 unspecified atom stereocenters. The third-order valence-corrected chi connectivity index (χ3v) is 2.99. The molecule has 2 atom stereocenters. The summed E-state index contributed by atoms with van der Waals surface area (Å²) in [5.74, 6) is -0.491. The number of hydrogen-bond donors (Lipinski definition) is 2. The minimum Gasteiger partial charge on any atom is -0.381 e. The van der Waals surface area contributed by atoms with Gasteiger partial charge in [0.05, 0.1) is 17.9 Å². The lowest BCUT2D eigenvalue weighted by molar-refractivity contribution is 0.0620. The molecular weight excluding hydrogens is 242 g/mol. The van der Waals surface area contributed by atoms with Crippen LogP contribution in [0.15, 0.2) is 18.5 Å². The summed E-state index contributed by atoms with van der Waals surface area (Å²) in [4.78, 5) is 15.1. The molecule has 0 aromatic carbocycles. The first-order chi connectivity index (χ1) is 8.16. The second kappa shape index (κ2) is 5.33. The summed E-state index contributed by atoms with van der Waals surface area (Å²) in [5.41, 5.74) is 6.09. The van der Waals surface area contributed by atoms with E-state index in [4.69, 9.17) is 22.1 Å². The van der Waals surface area contributed by atoms with Crippen molar-refractivity contribution >= 4 is 23.2 Å². The number of pyridine rings is 1. The summed E-state index contributed by atoms with van der Waals surface area (Å²) in [6.07, 6.45) is 4.63. The number of aromatic nitrogens is 1. The van der Waals surface area contributed by atoms with Gasteiger partial charge < -0.3 is 15.8 Å². The van der Waals surface area contributed by atoms with Gasteiger partial charge in [0.2, 0.25) is 0 Å². The molecule has 2 rings (SSSR count). The Labute approximate surface area is 104 Å². The third-order valence-electron chi connectivity index (χ3n) is 2.68. The van der Waals surface area contributed by atoms with Gasteiger partial charge in [-0.05, 0) is 12.5 Å². The summed E-state index contributed by atoms with van der Waals surface area (Å²) >= 11 is 5.91. The molecule has 0 aliphatic carbocycles. The SMILES string of the molecule is NC(=O)c1cnccc1NC1CCOC(Cl)C1. The lowest BCUT2D eigenvalue weighted by Crippen LogP contribution is -2.32. The number of nitrogens with two attached hydrogens (primary N) is 1. The van der Waals surface area contributed by atoms with Crippen LogP contribution in [-0.2, 0) is 4.74 Å². The van der Waals surface area contributed by atoms with Gasteiger partial charge in [0.1, 0.15) is 5.56 Å². The zero-order chi connectivity index (χ0) is 12.3. The summed E-state index contributed by atoms with van der Waals surface area (Å²) < 4.78 is 5.24. The van der Waals surface area contributed by atoms with Crippen LogP contribution in [0.25, 0.3) is 0 Å². The van der Waals surface area contributed by atoms with Crippen molar-refractivity contribution < 1.29 is 9.53 Å². The number of hydrogen-bond acceptors (Lipinski definition) is 4. The number of carbonyl (C=O) groups is 1. The first kappa shape index (κ1) is 12.1. The van der Waals surface area contributed by atoms with Crippen LogP contribution in [-0.4, -0.2) is 29.1 Å². The molecule has 6 heteroatoms. The van der Waals surface area contributed by atoms with Crippen molar-refractivity contribution in [3.63, 3.8) is 0 Å². The van der Waals surface area contributed by atoms with Crippen molar-refractivity contribution in [2.45, 2.75) is 24.4 Å². The van der Waals surface area contributed by atoms with E-state index in [1.54, 1.807) is 12.3 Å². The summed E-state index contributed by atoms with van der Waals surface area (Å²) in [5, 5.41) is 3.26. The molecule has 5 nitrogen and oxygen atoms in total. The molecule has 0 bridgehead atoms. The number of carbonyl (C=O) groups excluding carboxylic acids is 1. The zero-order valence-corrected chi connectivity index (χ0v) is 9.98. The molecule has 3 N–H and O–H groups in total. The Kier molecular flexibility index (Phi) is 3.81. The molecule has 1 aromatic heterocycles. The van der Waals surface area contributed by atoms with Crippen molar-refractivity contribution in [2.24, 2.45) is 5.73 Å². The smallest absolute Gasteiger partial charge is 0.252 e. The fourth-order valence-electron chi connectivity index (χ4n) is 1.82. The van der Waals surface area contributed by atoms with E-state index in [1.165, 1.54) is 6.20 Å². The van der Waals surface area contributed by atoms with Gasteiger partial charge in [-0.3, -0.25) is 9.78 Å². The van der Waals surface area contributed by atoms with Crippen molar-refractivity contribution in [1.29, 1.82) is 0 Å². The second-order valence-electron chi connectivity index (χ2n) is 3.93. The molecule has 1 aromatic rings. The van der Waals surface area contributed by atoms with Crippen LogP contribution in [0, 0.1) is 0 Å². The van der Waals surface area contributed by atoms with Gasteiger partial charge in [0.15, 0.2) is 0 Å². The standard InChI is InChI=1S/C11H14ClN3O2/c12-10-5-7(2-4-17-10)15-9-1-3-14-6-8(9)11(13)16/h1,3,6-7,10H,2,4-5H2,(H2,13,16)(H,14,15). The van der Waals surface area contributed by atoms with Crippen LogP contribution in [0.4, 0.5) is 5.69 Å². The van der Waals surface area contributed by atoms with Gasteiger partial charge in [-0.15, -0.1) is 0 Å². The maximum absolute atomic E-state index is 11.2. The van der Waals surface area contributed by atoms with Crippen molar-refractivity contribution in [1.82, 2.24) is 4.98 Å². The number of anilines is 1. The van der Waals surface area contributed by atoms with Gasteiger partial charge in [0, 0.05) is 24.9 Å². The first-order valence-electron chi connectivity index (χ1n) is 5.43. The number of ether oxygens (including phenoxy) is 1. The maximum Gasteiger partial charge on any atom is 0.252 e. The van der Waals surface area contributed by atoms with Gasteiger partial charge in [0.25, 0.3) is 5.91 Å². The number of halogens is 1. The van der Waals surface area contributed by atoms with Crippen molar-refractivity contribution in [3.8, 4) is 0 Å². The van der Waals surface area contributed by atoms with Crippen LogP contribution < -0.4 is 11.1 Å². The average molecular weight is 256 g/mol. The Morgan fingerprint density at radius 1 is 1.65 bits per heavy atom. The van der Waals surface area contributed by atoms with E-state index < -0.39 is 5.91 Å². The van der Waals surface area contributed by atoms with Crippen LogP contribution >= 0.6 is 11.6 Å². The quantitative estimate of drug-likeness (QED) is 0.799. The monoisotopic (exact) mass is 255 g/mol. The minimum atomic E-state index is -0.491. The second-order valence-corrected chi connectivity index (χ2v) is 4.42. The van der Waals surface area contributed by atoms with E-state index in [0.29, 0.717) is 24.3 Å². The van der Waals surface area contributed by atoms with E-state index >= 15 is 0 Å². The van der Waals surface area contributed by atoms with Crippen molar-refractivity contribution in [3.05, 3.63) is 24.0 Å². The molecule has 17 heavy (non-hydrogen) atoms. The van der Waals surface area contributed by atoms with E-state index in [0.717, 1.165) is 6.42 Å². The molecule has 1 saturated heterocycles. The fraction of sp³-hybridized carbons (Fsp3) is 0.455. The Balaban J connectivity index is 2.10. The molecule has 0 spiro atoms. The van der Waals surface area contributed by atoms with Gasteiger partial charge >= 0.3 is 0 Å². The Hall–Kier alpha value is -1.33. The largest absolute Gasteiger partial charge is 0.381 e.